The Labute approximate surface area is 156 Å². The van der Waals surface area contributed by atoms with Crippen LogP contribution in [0.25, 0.3) is 11.3 Å². The van der Waals surface area contributed by atoms with Crippen LogP contribution in [-0.4, -0.2) is 20.9 Å². The molecule has 0 bridgehead atoms. The Morgan fingerprint density at radius 3 is 2.81 bits per heavy atom. The molecule has 6 nitrogen and oxygen atoms in total. The molecule has 0 saturated carbocycles. The van der Waals surface area contributed by atoms with Crippen LogP contribution >= 0.6 is 0 Å². The molecule has 138 valence electrons. The smallest absolute Gasteiger partial charge is 0.255 e. The largest absolute Gasteiger partial charge is 0.322 e. The van der Waals surface area contributed by atoms with E-state index in [0.29, 0.717) is 16.9 Å². The van der Waals surface area contributed by atoms with Crippen molar-refractivity contribution >= 4 is 11.6 Å². The predicted octanol–water partition coefficient (Wildman–Crippen LogP) is 3.52. The maximum absolute atomic E-state index is 14.2. The highest BCUT2D eigenvalue weighted by Crippen LogP contribution is 2.25. The summed E-state index contributed by atoms with van der Waals surface area (Å²) in [4.78, 5) is 12.7. The van der Waals surface area contributed by atoms with Gasteiger partial charge < -0.3 is 10.6 Å². The molecule has 1 amide bonds. The molecule has 2 N–H and O–H groups in total. The summed E-state index contributed by atoms with van der Waals surface area (Å²) in [6.45, 7) is 5.56. The second-order valence-electron chi connectivity index (χ2n) is 6.93. The van der Waals surface area contributed by atoms with Gasteiger partial charge in [-0.05, 0) is 55.3 Å². The summed E-state index contributed by atoms with van der Waals surface area (Å²) in [5, 5.41) is 14.1. The lowest BCUT2D eigenvalue weighted by molar-refractivity contribution is 0.102. The van der Waals surface area contributed by atoms with Gasteiger partial charge in [0, 0.05) is 35.9 Å². The maximum atomic E-state index is 14.2. The molecule has 27 heavy (non-hydrogen) atoms. The van der Waals surface area contributed by atoms with Crippen molar-refractivity contribution in [2.24, 2.45) is 0 Å². The van der Waals surface area contributed by atoms with Gasteiger partial charge >= 0.3 is 0 Å². The van der Waals surface area contributed by atoms with Gasteiger partial charge in [-0.2, -0.15) is 0 Å². The Morgan fingerprint density at radius 1 is 1.19 bits per heavy atom. The van der Waals surface area contributed by atoms with Crippen LogP contribution in [0.1, 0.15) is 41.4 Å². The van der Waals surface area contributed by atoms with Gasteiger partial charge in [0.1, 0.15) is 5.82 Å². The van der Waals surface area contributed by atoms with Crippen LogP contribution in [0.5, 0.6) is 0 Å². The highest BCUT2D eigenvalue weighted by atomic mass is 19.1. The van der Waals surface area contributed by atoms with Crippen molar-refractivity contribution in [2.45, 2.75) is 33.0 Å². The van der Waals surface area contributed by atoms with Gasteiger partial charge in [-0.1, -0.05) is 11.3 Å². The number of carbonyl (C=O) groups is 1. The summed E-state index contributed by atoms with van der Waals surface area (Å²) in [5.41, 5.74) is 4.58. The van der Waals surface area contributed by atoms with Gasteiger partial charge in [0.25, 0.3) is 5.91 Å². The van der Waals surface area contributed by atoms with Crippen molar-refractivity contribution in [2.75, 3.05) is 5.32 Å². The third-order valence-electron chi connectivity index (χ3n) is 4.61. The molecule has 2 aromatic carbocycles. The summed E-state index contributed by atoms with van der Waals surface area (Å²) in [6.07, 6.45) is 1.57. The van der Waals surface area contributed by atoms with Crippen LogP contribution in [0.3, 0.4) is 0 Å². The van der Waals surface area contributed by atoms with Gasteiger partial charge in [-0.25, -0.2) is 9.07 Å². The lowest BCUT2D eigenvalue weighted by Gasteiger charge is -2.11. The summed E-state index contributed by atoms with van der Waals surface area (Å²) >= 11 is 0. The van der Waals surface area contributed by atoms with E-state index in [2.05, 4.69) is 20.9 Å². The Kier molecular flexibility index (Phi) is 4.45. The first-order valence-corrected chi connectivity index (χ1v) is 8.86. The van der Waals surface area contributed by atoms with E-state index in [1.54, 1.807) is 16.9 Å². The summed E-state index contributed by atoms with van der Waals surface area (Å²) in [6, 6.07) is 10.2. The Morgan fingerprint density at radius 2 is 2.00 bits per heavy atom. The third-order valence-corrected chi connectivity index (χ3v) is 4.61. The van der Waals surface area contributed by atoms with Crippen LogP contribution in [0, 0.1) is 5.82 Å². The molecular formula is C20H20FN5O. The zero-order valence-corrected chi connectivity index (χ0v) is 15.2. The summed E-state index contributed by atoms with van der Waals surface area (Å²) < 4.78 is 15.9. The van der Waals surface area contributed by atoms with E-state index in [1.807, 2.05) is 32.0 Å². The molecule has 1 aromatic heterocycles. The van der Waals surface area contributed by atoms with Crippen LogP contribution < -0.4 is 10.6 Å². The second-order valence-corrected chi connectivity index (χ2v) is 6.93. The average Bonchev–Trinajstić information content (AvgIpc) is 3.30. The lowest BCUT2D eigenvalue weighted by Crippen LogP contribution is -2.13. The fraction of sp³-hybridized carbons (Fsp3) is 0.250. The molecule has 7 heteroatoms. The monoisotopic (exact) mass is 365 g/mol. The van der Waals surface area contributed by atoms with E-state index in [4.69, 9.17) is 0 Å². The molecule has 0 atom stereocenters. The third kappa shape index (κ3) is 3.46. The number of carbonyl (C=O) groups excluding carboxylic acids is 1. The number of aromatic nitrogens is 3. The molecule has 0 unspecified atom stereocenters. The van der Waals surface area contributed by atoms with E-state index < -0.39 is 5.82 Å². The van der Waals surface area contributed by atoms with Crippen molar-refractivity contribution < 1.29 is 9.18 Å². The van der Waals surface area contributed by atoms with Gasteiger partial charge in [0.2, 0.25) is 0 Å². The Hall–Kier alpha value is -3.06. The molecule has 3 aromatic rings. The van der Waals surface area contributed by atoms with Crippen molar-refractivity contribution in [1.82, 2.24) is 20.3 Å². The van der Waals surface area contributed by atoms with Crippen LogP contribution in [0.15, 0.2) is 42.6 Å². The minimum Gasteiger partial charge on any atom is -0.322 e. The number of fused-ring (bicyclic) bond motifs is 1. The first-order chi connectivity index (χ1) is 13.0. The number of halogens is 1. The molecule has 2 heterocycles. The van der Waals surface area contributed by atoms with Crippen molar-refractivity contribution in [3.8, 4) is 11.3 Å². The molecule has 0 radical (unpaired) electrons. The predicted molar refractivity (Wildman–Crippen MR) is 101 cm³/mol. The number of anilines is 1. The topological polar surface area (TPSA) is 71.8 Å². The number of benzene rings is 2. The molecule has 0 fully saturated rings. The van der Waals surface area contributed by atoms with E-state index in [9.17, 15) is 9.18 Å². The SMILES string of the molecule is CC(C)n1nncc1-c1cc(F)cc(C(=O)Nc2ccc3c(c2)CNC3)c1. The van der Waals surface area contributed by atoms with Crippen LogP contribution in [0.2, 0.25) is 0 Å². The number of rotatable bonds is 4. The molecular weight excluding hydrogens is 345 g/mol. The zero-order chi connectivity index (χ0) is 19.0. The molecule has 0 aliphatic carbocycles. The number of amides is 1. The first kappa shape index (κ1) is 17.4. The molecule has 4 rings (SSSR count). The highest BCUT2D eigenvalue weighted by molar-refractivity contribution is 6.05. The van der Waals surface area contributed by atoms with Crippen molar-refractivity contribution in [3.63, 3.8) is 0 Å². The van der Waals surface area contributed by atoms with Crippen LogP contribution in [-0.2, 0) is 13.1 Å². The Balaban J connectivity index is 1.63. The second kappa shape index (κ2) is 6.92. The Bertz CT molecular complexity index is 1010. The fourth-order valence-corrected chi connectivity index (χ4v) is 3.28. The van der Waals surface area contributed by atoms with E-state index >= 15 is 0 Å². The van der Waals surface area contributed by atoms with Gasteiger partial charge in [-0.3, -0.25) is 4.79 Å². The van der Waals surface area contributed by atoms with E-state index in [1.165, 1.54) is 23.3 Å². The highest BCUT2D eigenvalue weighted by Gasteiger charge is 2.16. The zero-order valence-electron chi connectivity index (χ0n) is 15.2. The minimum absolute atomic E-state index is 0.0723. The number of nitrogens with zero attached hydrogens (tertiary/aromatic N) is 3. The number of nitrogens with one attached hydrogen (secondary N) is 2. The first-order valence-electron chi connectivity index (χ1n) is 8.86. The minimum atomic E-state index is -0.479. The van der Waals surface area contributed by atoms with E-state index in [-0.39, 0.29) is 17.5 Å². The fourth-order valence-electron chi connectivity index (χ4n) is 3.28. The van der Waals surface area contributed by atoms with Gasteiger partial charge in [0.05, 0.1) is 11.9 Å². The molecule has 1 aliphatic rings. The van der Waals surface area contributed by atoms with Gasteiger partial charge in [-0.15, -0.1) is 5.10 Å². The molecule has 0 saturated heterocycles. The normalized spacial score (nSPS) is 13.0. The summed E-state index contributed by atoms with van der Waals surface area (Å²) in [5.74, 6) is -0.836. The summed E-state index contributed by atoms with van der Waals surface area (Å²) in [7, 11) is 0. The number of hydrogen-bond donors (Lipinski definition) is 2. The maximum Gasteiger partial charge on any atom is 0.255 e. The van der Waals surface area contributed by atoms with Crippen molar-refractivity contribution in [3.05, 3.63) is 65.1 Å². The standard InChI is InChI=1S/C20H20FN5O/c1-12(2)26-19(11-23-25-26)14-5-15(7-17(21)6-14)20(27)24-18-4-3-13-9-22-10-16(13)8-18/h3-8,11-12,22H,9-10H2,1-2H3,(H,24,27). The number of hydrogen-bond acceptors (Lipinski definition) is 4. The lowest BCUT2D eigenvalue weighted by atomic mass is 10.1. The molecule has 0 spiro atoms. The molecule has 1 aliphatic heterocycles. The quantitative estimate of drug-likeness (QED) is 0.742. The van der Waals surface area contributed by atoms with E-state index in [0.717, 1.165) is 13.1 Å². The van der Waals surface area contributed by atoms with Crippen molar-refractivity contribution in [1.29, 1.82) is 0 Å². The average molecular weight is 365 g/mol. The van der Waals surface area contributed by atoms with Gasteiger partial charge in [0.15, 0.2) is 0 Å². The van der Waals surface area contributed by atoms with Crippen LogP contribution in [0.4, 0.5) is 10.1 Å².